The summed E-state index contributed by atoms with van der Waals surface area (Å²) >= 11 is 0. The fourth-order valence-electron chi connectivity index (χ4n) is 2.17. The summed E-state index contributed by atoms with van der Waals surface area (Å²) in [6, 6.07) is 2.07. The maximum Gasteiger partial charge on any atom is 0.487 e. The van der Waals surface area contributed by atoms with E-state index in [9.17, 15) is 0 Å². The lowest BCUT2D eigenvalue weighted by molar-refractivity contribution is 0.00578. The molecule has 1 fully saturated rings. The quantitative estimate of drug-likeness (QED) is 0.868. The molecule has 0 spiro atoms. The largest absolute Gasteiger partial charge is 0.487 e. The minimum absolute atomic E-state index is 0.00248. The van der Waals surface area contributed by atoms with Crippen LogP contribution in [0.15, 0.2) is 18.2 Å². The molecule has 0 radical (unpaired) electrons. The highest BCUT2D eigenvalue weighted by molar-refractivity contribution is 6.52. The monoisotopic (exact) mass is 288 g/mol. The average Bonchev–Trinajstić information content (AvgIpc) is 2.56. The number of aryl methyl sites for hydroxylation is 1. The first-order valence-electron chi connectivity index (χ1n) is 7.38. The zero-order valence-electron chi connectivity index (χ0n) is 13.8. The highest BCUT2D eigenvalue weighted by Gasteiger charge is 2.50. The van der Waals surface area contributed by atoms with Crippen LogP contribution in [0.2, 0.25) is 0 Å². The van der Waals surface area contributed by atoms with Crippen molar-refractivity contribution in [1.82, 2.24) is 4.98 Å². The summed E-state index contributed by atoms with van der Waals surface area (Å²) in [5, 5.41) is 0. The third kappa shape index (κ3) is 3.36. The molecule has 0 saturated carbocycles. The predicted octanol–water partition coefficient (Wildman–Crippen LogP) is 3.05. The molecule has 1 aromatic heterocycles. The summed E-state index contributed by atoms with van der Waals surface area (Å²) < 4.78 is 11.9. The summed E-state index contributed by atoms with van der Waals surface area (Å²) in [4.78, 5) is 4.46. The number of nitrogens with two attached hydrogens (primary N) is 1. The van der Waals surface area contributed by atoms with Crippen molar-refractivity contribution in [3.63, 3.8) is 0 Å². The zero-order chi connectivity index (χ0) is 15.8. The minimum Gasteiger partial charge on any atom is -0.400 e. The zero-order valence-corrected chi connectivity index (χ0v) is 13.8. The number of aromatic nitrogens is 1. The molecule has 0 aromatic carbocycles. The molecule has 0 unspecified atom stereocenters. The van der Waals surface area contributed by atoms with E-state index in [-0.39, 0.29) is 24.4 Å². The second kappa shape index (κ2) is 5.56. The molecule has 1 aliphatic heterocycles. The van der Waals surface area contributed by atoms with Gasteiger partial charge in [0.05, 0.1) is 16.9 Å². The van der Waals surface area contributed by atoms with Crippen LogP contribution in [0, 0.1) is 6.92 Å². The van der Waals surface area contributed by atoms with Crippen LogP contribution >= 0.6 is 0 Å². The van der Waals surface area contributed by atoms with Gasteiger partial charge in [-0.05, 0) is 58.7 Å². The summed E-state index contributed by atoms with van der Waals surface area (Å²) in [5.41, 5.74) is 8.28. The smallest absolute Gasteiger partial charge is 0.400 e. The Hall–Kier alpha value is -1.17. The molecule has 0 amide bonds. The standard InChI is InChI=1S/C16H25BN2O2/c1-11-9-13(12(2)18)10-19-14(11)7-8-17-20-15(3,4)16(5,6)21-17/h7-10,12H,18H2,1-6H3/b8-7+/t12-/m0/s1. The molecule has 2 rings (SSSR count). The van der Waals surface area contributed by atoms with E-state index in [2.05, 4.69) is 11.1 Å². The van der Waals surface area contributed by atoms with E-state index in [1.807, 2.05) is 59.8 Å². The molecule has 0 bridgehead atoms. The lowest BCUT2D eigenvalue weighted by Crippen LogP contribution is -2.41. The summed E-state index contributed by atoms with van der Waals surface area (Å²) in [7, 11) is -0.343. The Balaban J connectivity index is 2.13. The van der Waals surface area contributed by atoms with Crippen molar-refractivity contribution in [3.05, 3.63) is 35.1 Å². The Kier molecular flexibility index (Phi) is 4.29. The molecular formula is C16H25BN2O2. The van der Waals surface area contributed by atoms with Crippen LogP contribution in [-0.2, 0) is 9.31 Å². The van der Waals surface area contributed by atoms with Crippen molar-refractivity contribution in [2.75, 3.05) is 0 Å². The average molecular weight is 288 g/mol. The molecule has 4 nitrogen and oxygen atoms in total. The van der Waals surface area contributed by atoms with E-state index in [0.29, 0.717) is 0 Å². The molecule has 114 valence electrons. The Morgan fingerprint density at radius 2 is 1.81 bits per heavy atom. The predicted molar refractivity (Wildman–Crippen MR) is 86.7 cm³/mol. The lowest BCUT2D eigenvalue weighted by Gasteiger charge is -2.32. The molecule has 1 aromatic rings. The molecule has 2 heterocycles. The van der Waals surface area contributed by atoms with Gasteiger partial charge in [-0.3, -0.25) is 4.98 Å². The summed E-state index contributed by atoms with van der Waals surface area (Å²) in [6.45, 7) is 12.2. The number of nitrogens with zero attached hydrogens (tertiary/aromatic N) is 1. The Morgan fingerprint density at radius 1 is 1.24 bits per heavy atom. The lowest BCUT2D eigenvalue weighted by atomic mass is 9.89. The molecule has 21 heavy (non-hydrogen) atoms. The minimum atomic E-state index is -0.343. The highest BCUT2D eigenvalue weighted by Crippen LogP contribution is 2.37. The SMILES string of the molecule is Cc1cc([C@H](C)N)cnc1/C=C/B1OC(C)(C)C(C)(C)O1. The molecule has 1 saturated heterocycles. The molecule has 1 aliphatic rings. The van der Waals surface area contributed by atoms with Crippen molar-refractivity contribution in [1.29, 1.82) is 0 Å². The van der Waals surface area contributed by atoms with E-state index in [1.54, 1.807) is 0 Å². The molecule has 5 heteroatoms. The van der Waals surface area contributed by atoms with E-state index in [1.165, 1.54) is 0 Å². The Labute approximate surface area is 127 Å². The van der Waals surface area contributed by atoms with Gasteiger partial charge in [-0.25, -0.2) is 0 Å². The van der Waals surface area contributed by atoms with E-state index in [0.717, 1.165) is 16.8 Å². The Bertz CT molecular complexity index is 537. The molecule has 2 N–H and O–H groups in total. The van der Waals surface area contributed by atoms with Gasteiger partial charge in [-0.15, -0.1) is 0 Å². The molecule has 0 aliphatic carbocycles. The molecule has 1 atom stereocenters. The maximum atomic E-state index is 5.93. The number of hydrogen-bond donors (Lipinski definition) is 1. The van der Waals surface area contributed by atoms with Crippen LogP contribution in [0.1, 0.15) is 57.5 Å². The first kappa shape index (κ1) is 16.2. The van der Waals surface area contributed by atoms with E-state index < -0.39 is 0 Å². The van der Waals surface area contributed by atoms with Crippen LogP contribution < -0.4 is 5.73 Å². The van der Waals surface area contributed by atoms with Crippen molar-refractivity contribution >= 4 is 13.2 Å². The summed E-state index contributed by atoms with van der Waals surface area (Å²) in [5.74, 6) is 1.91. The first-order chi connectivity index (χ1) is 9.62. The second-order valence-corrected chi connectivity index (χ2v) is 6.74. The van der Waals surface area contributed by atoms with Crippen molar-refractivity contribution in [3.8, 4) is 0 Å². The number of pyridine rings is 1. The van der Waals surface area contributed by atoms with Gasteiger partial charge in [-0.1, -0.05) is 12.0 Å². The van der Waals surface area contributed by atoms with Gasteiger partial charge in [0.25, 0.3) is 0 Å². The first-order valence-corrected chi connectivity index (χ1v) is 7.38. The fourth-order valence-corrected chi connectivity index (χ4v) is 2.17. The van der Waals surface area contributed by atoms with Crippen LogP contribution in [0.5, 0.6) is 0 Å². The number of hydrogen-bond acceptors (Lipinski definition) is 4. The fraction of sp³-hybridized carbons (Fsp3) is 0.562. The number of rotatable bonds is 3. The third-order valence-corrected chi connectivity index (χ3v) is 4.35. The van der Waals surface area contributed by atoms with Gasteiger partial charge in [0.15, 0.2) is 0 Å². The maximum absolute atomic E-state index is 5.93. The van der Waals surface area contributed by atoms with Gasteiger partial charge in [0.1, 0.15) is 0 Å². The normalized spacial score (nSPS) is 22.0. The van der Waals surface area contributed by atoms with E-state index in [4.69, 9.17) is 15.0 Å². The highest BCUT2D eigenvalue weighted by atomic mass is 16.7. The van der Waals surface area contributed by atoms with Crippen LogP contribution in [-0.4, -0.2) is 23.3 Å². The van der Waals surface area contributed by atoms with Crippen molar-refractivity contribution in [2.24, 2.45) is 5.73 Å². The molecular weight excluding hydrogens is 263 g/mol. The van der Waals surface area contributed by atoms with Gasteiger partial charge in [0, 0.05) is 12.2 Å². The van der Waals surface area contributed by atoms with Gasteiger partial charge in [0.2, 0.25) is 0 Å². The van der Waals surface area contributed by atoms with Crippen LogP contribution in [0.4, 0.5) is 0 Å². The van der Waals surface area contributed by atoms with Crippen LogP contribution in [0.3, 0.4) is 0 Å². The topological polar surface area (TPSA) is 57.4 Å². The second-order valence-electron chi connectivity index (χ2n) is 6.74. The third-order valence-electron chi connectivity index (χ3n) is 4.35. The van der Waals surface area contributed by atoms with Crippen LogP contribution in [0.25, 0.3) is 6.08 Å². The summed E-state index contributed by atoms with van der Waals surface area (Å²) in [6.07, 6.45) is 3.77. The van der Waals surface area contributed by atoms with Gasteiger partial charge >= 0.3 is 7.12 Å². The Morgan fingerprint density at radius 3 is 2.29 bits per heavy atom. The van der Waals surface area contributed by atoms with Gasteiger partial charge in [-0.2, -0.15) is 0 Å². The van der Waals surface area contributed by atoms with E-state index >= 15 is 0 Å². The van der Waals surface area contributed by atoms with Crippen molar-refractivity contribution in [2.45, 2.75) is 58.8 Å². The van der Waals surface area contributed by atoms with Gasteiger partial charge < -0.3 is 15.0 Å². The van der Waals surface area contributed by atoms with Crippen molar-refractivity contribution < 1.29 is 9.31 Å².